The van der Waals surface area contributed by atoms with Crippen molar-refractivity contribution in [2.24, 2.45) is 0 Å². The van der Waals surface area contributed by atoms with Gasteiger partial charge in [-0.25, -0.2) is 18.1 Å². The molecule has 1 atom stereocenters. The van der Waals surface area contributed by atoms with Crippen LogP contribution in [0.25, 0.3) is 5.69 Å². The molecule has 2 rings (SSSR count). The van der Waals surface area contributed by atoms with Gasteiger partial charge in [0.25, 0.3) is 5.91 Å². The first-order chi connectivity index (χ1) is 10.4. The van der Waals surface area contributed by atoms with Gasteiger partial charge in [0.1, 0.15) is 0 Å². The van der Waals surface area contributed by atoms with Crippen molar-refractivity contribution in [3.05, 3.63) is 48.5 Å². The molecule has 0 fully saturated rings. The summed E-state index contributed by atoms with van der Waals surface area (Å²) in [5.74, 6) is -0.611. The third-order valence-electron chi connectivity index (χ3n) is 3.39. The Hall–Kier alpha value is -2.15. The van der Waals surface area contributed by atoms with Crippen molar-refractivity contribution < 1.29 is 13.2 Å². The summed E-state index contributed by atoms with van der Waals surface area (Å²) in [6, 6.07) is 6.65. The molecule has 0 saturated heterocycles. The van der Waals surface area contributed by atoms with E-state index in [9.17, 15) is 13.2 Å². The van der Waals surface area contributed by atoms with Crippen LogP contribution in [0.15, 0.2) is 43.0 Å². The lowest BCUT2D eigenvalue weighted by molar-refractivity contribution is 0.0981. The molecule has 0 aliphatic heterocycles. The van der Waals surface area contributed by atoms with Crippen LogP contribution in [0, 0.1) is 0 Å². The van der Waals surface area contributed by atoms with Crippen LogP contribution in [0.3, 0.4) is 0 Å². The molecule has 0 saturated carbocycles. The molecular formula is C15H19N3O3S. The van der Waals surface area contributed by atoms with Crippen LogP contribution in [0.4, 0.5) is 0 Å². The minimum atomic E-state index is -3.64. The lowest BCUT2D eigenvalue weighted by Gasteiger charge is -2.13. The summed E-state index contributed by atoms with van der Waals surface area (Å²) < 4.78 is 27.9. The third-order valence-corrected chi connectivity index (χ3v) is 5.16. The van der Waals surface area contributed by atoms with E-state index in [-0.39, 0.29) is 0 Å². The number of hydrogen-bond donors (Lipinski definition) is 1. The average molecular weight is 321 g/mol. The third kappa shape index (κ3) is 3.73. The Morgan fingerprint density at radius 1 is 1.32 bits per heavy atom. The molecule has 1 aromatic heterocycles. The number of rotatable bonds is 6. The number of carbonyl (C=O) groups excluding carboxylic acids is 1. The molecule has 0 aliphatic rings. The fraction of sp³-hybridized carbons (Fsp3) is 0.333. The molecule has 0 unspecified atom stereocenters. The molecule has 1 N–H and O–H groups in total. The minimum absolute atomic E-state index is 0.302. The van der Waals surface area contributed by atoms with Gasteiger partial charge in [-0.2, -0.15) is 0 Å². The zero-order valence-electron chi connectivity index (χ0n) is 12.6. The molecule has 1 heterocycles. The fourth-order valence-electron chi connectivity index (χ4n) is 2.05. The van der Waals surface area contributed by atoms with Crippen LogP contribution in [-0.4, -0.2) is 29.1 Å². The first kappa shape index (κ1) is 16.2. The van der Waals surface area contributed by atoms with E-state index >= 15 is 0 Å². The molecule has 2 aromatic rings. The maximum Gasteiger partial charge on any atom is 0.264 e. The first-order valence-electron chi connectivity index (χ1n) is 7.08. The number of imidazole rings is 1. The van der Waals surface area contributed by atoms with Gasteiger partial charge in [-0.05, 0) is 37.6 Å². The SMILES string of the molecule is CCC[C@H](C)S(=O)(=O)NC(=O)c1ccc(-n2ccnc2)cc1. The number of amides is 1. The van der Waals surface area contributed by atoms with E-state index in [1.807, 2.05) is 6.92 Å². The zero-order valence-corrected chi connectivity index (χ0v) is 13.4. The highest BCUT2D eigenvalue weighted by atomic mass is 32.2. The number of benzene rings is 1. The summed E-state index contributed by atoms with van der Waals surface area (Å²) in [6.07, 6.45) is 6.35. The number of carbonyl (C=O) groups is 1. The molecule has 0 spiro atoms. The van der Waals surface area contributed by atoms with Crippen molar-refractivity contribution in [2.45, 2.75) is 31.9 Å². The maximum absolute atomic E-state index is 12.1. The smallest absolute Gasteiger partial charge is 0.264 e. The molecule has 7 heteroatoms. The van der Waals surface area contributed by atoms with Crippen molar-refractivity contribution in [2.75, 3.05) is 0 Å². The van der Waals surface area contributed by atoms with Gasteiger partial charge in [0.15, 0.2) is 0 Å². The average Bonchev–Trinajstić information content (AvgIpc) is 3.01. The van der Waals surface area contributed by atoms with E-state index in [0.29, 0.717) is 12.0 Å². The Morgan fingerprint density at radius 2 is 2.00 bits per heavy atom. The molecule has 6 nitrogen and oxygen atoms in total. The van der Waals surface area contributed by atoms with Gasteiger partial charge in [-0.1, -0.05) is 13.3 Å². The van der Waals surface area contributed by atoms with Crippen LogP contribution in [-0.2, 0) is 10.0 Å². The molecule has 0 radical (unpaired) electrons. The van der Waals surface area contributed by atoms with Crippen molar-refractivity contribution in [1.29, 1.82) is 0 Å². The molecular weight excluding hydrogens is 302 g/mol. The van der Waals surface area contributed by atoms with Gasteiger partial charge in [-0.3, -0.25) is 4.79 Å². The summed E-state index contributed by atoms with van der Waals surface area (Å²) in [4.78, 5) is 16.0. The molecule has 0 bridgehead atoms. The first-order valence-corrected chi connectivity index (χ1v) is 8.63. The van der Waals surface area contributed by atoms with Gasteiger partial charge >= 0.3 is 0 Å². The van der Waals surface area contributed by atoms with Crippen LogP contribution < -0.4 is 4.72 Å². The Bertz CT molecular complexity index is 722. The largest absolute Gasteiger partial charge is 0.306 e. The predicted octanol–water partition coefficient (Wildman–Crippen LogP) is 2.12. The van der Waals surface area contributed by atoms with E-state index < -0.39 is 21.2 Å². The number of sulfonamides is 1. The van der Waals surface area contributed by atoms with Crippen molar-refractivity contribution in [1.82, 2.24) is 14.3 Å². The summed E-state index contributed by atoms with van der Waals surface area (Å²) >= 11 is 0. The Labute approximate surface area is 130 Å². The molecule has 1 amide bonds. The summed E-state index contributed by atoms with van der Waals surface area (Å²) in [5, 5.41) is -0.591. The lowest BCUT2D eigenvalue weighted by atomic mass is 10.2. The van der Waals surface area contributed by atoms with Crippen LogP contribution in [0.1, 0.15) is 37.0 Å². The number of aromatic nitrogens is 2. The van der Waals surface area contributed by atoms with E-state index in [1.54, 1.807) is 54.5 Å². The number of nitrogens with one attached hydrogen (secondary N) is 1. The normalized spacial score (nSPS) is 12.8. The lowest BCUT2D eigenvalue weighted by Crippen LogP contribution is -2.37. The van der Waals surface area contributed by atoms with Crippen LogP contribution in [0.5, 0.6) is 0 Å². The van der Waals surface area contributed by atoms with E-state index in [2.05, 4.69) is 9.71 Å². The fourth-order valence-corrected chi connectivity index (χ4v) is 3.17. The topological polar surface area (TPSA) is 81.1 Å². The molecule has 22 heavy (non-hydrogen) atoms. The highest BCUT2D eigenvalue weighted by molar-refractivity contribution is 7.90. The zero-order chi connectivity index (χ0) is 16.2. The van der Waals surface area contributed by atoms with Gasteiger partial charge in [0, 0.05) is 23.6 Å². The van der Waals surface area contributed by atoms with Gasteiger partial charge in [0.2, 0.25) is 10.0 Å². The summed E-state index contributed by atoms with van der Waals surface area (Å²) in [5.41, 5.74) is 1.15. The van der Waals surface area contributed by atoms with E-state index in [1.165, 1.54) is 0 Å². The quantitative estimate of drug-likeness (QED) is 0.883. The van der Waals surface area contributed by atoms with Gasteiger partial charge < -0.3 is 4.57 Å². The van der Waals surface area contributed by atoms with Crippen molar-refractivity contribution >= 4 is 15.9 Å². The number of hydrogen-bond acceptors (Lipinski definition) is 4. The minimum Gasteiger partial charge on any atom is -0.306 e. The maximum atomic E-state index is 12.1. The number of nitrogens with zero attached hydrogens (tertiary/aromatic N) is 2. The molecule has 0 aliphatic carbocycles. The van der Waals surface area contributed by atoms with Gasteiger partial charge in [-0.15, -0.1) is 0 Å². The van der Waals surface area contributed by atoms with Crippen molar-refractivity contribution in [3.8, 4) is 5.69 Å². The van der Waals surface area contributed by atoms with Gasteiger partial charge in [0.05, 0.1) is 11.6 Å². The second-order valence-corrected chi connectivity index (χ2v) is 7.19. The van der Waals surface area contributed by atoms with Crippen LogP contribution >= 0.6 is 0 Å². The Morgan fingerprint density at radius 3 is 2.55 bits per heavy atom. The van der Waals surface area contributed by atoms with E-state index in [0.717, 1.165) is 12.1 Å². The second kappa shape index (κ2) is 6.74. The van der Waals surface area contributed by atoms with Crippen molar-refractivity contribution in [3.63, 3.8) is 0 Å². The highest BCUT2D eigenvalue weighted by Gasteiger charge is 2.22. The molecule has 118 valence electrons. The highest BCUT2D eigenvalue weighted by Crippen LogP contribution is 2.11. The van der Waals surface area contributed by atoms with E-state index in [4.69, 9.17) is 0 Å². The standard InChI is InChI=1S/C15H19N3O3S/c1-3-4-12(2)22(20,21)17-15(19)13-5-7-14(8-6-13)18-10-9-16-11-18/h5-12H,3-4H2,1-2H3,(H,17,19)/t12-/m0/s1. The molecule has 1 aromatic carbocycles. The summed E-state index contributed by atoms with van der Waals surface area (Å²) in [7, 11) is -3.64. The predicted molar refractivity (Wildman–Crippen MR) is 84.3 cm³/mol. The second-order valence-electron chi connectivity index (χ2n) is 5.09. The summed E-state index contributed by atoms with van der Waals surface area (Å²) in [6.45, 7) is 3.50. The monoisotopic (exact) mass is 321 g/mol. The van der Waals surface area contributed by atoms with Crippen LogP contribution in [0.2, 0.25) is 0 Å². The Balaban J connectivity index is 2.10. The Kier molecular flexibility index (Phi) is 4.97.